The van der Waals surface area contributed by atoms with Crippen molar-refractivity contribution < 1.29 is 14.4 Å². The van der Waals surface area contributed by atoms with Gasteiger partial charge >= 0.3 is 0 Å². The number of nitrogens with zero attached hydrogens (tertiary/aromatic N) is 1. The number of amides is 2. The number of benzene rings is 2. The molecule has 0 radical (unpaired) electrons. The molecule has 0 saturated heterocycles. The van der Waals surface area contributed by atoms with Gasteiger partial charge in [0.1, 0.15) is 11.6 Å². The Morgan fingerprint density at radius 1 is 0.972 bits per heavy atom. The first-order valence-corrected chi connectivity index (χ1v) is 14.1. The molecule has 5 rings (SSSR count). The SMILES string of the molecule is O=C1C=CC2(C=C1)C(c1ccccc1)=C(I)C(=O)N2C(C(=O)NC1CCCCC1)c1ccccc1Br. The molecule has 1 aliphatic heterocycles. The third-order valence-electron chi connectivity index (χ3n) is 7.15. The van der Waals surface area contributed by atoms with E-state index in [1.807, 2.05) is 54.6 Å². The molecule has 2 aliphatic carbocycles. The first kappa shape index (κ1) is 25.1. The molecule has 184 valence electrons. The summed E-state index contributed by atoms with van der Waals surface area (Å²) in [4.78, 5) is 42.0. The third kappa shape index (κ3) is 4.52. The molecule has 2 aromatic carbocycles. The van der Waals surface area contributed by atoms with Crippen LogP contribution < -0.4 is 5.32 Å². The van der Waals surface area contributed by atoms with Crippen LogP contribution in [-0.4, -0.2) is 34.1 Å². The monoisotopic (exact) mass is 656 g/mol. The molecule has 0 bridgehead atoms. The van der Waals surface area contributed by atoms with E-state index in [0.29, 0.717) is 9.14 Å². The summed E-state index contributed by atoms with van der Waals surface area (Å²) in [7, 11) is 0. The summed E-state index contributed by atoms with van der Waals surface area (Å²) in [6.07, 6.45) is 11.7. The quantitative estimate of drug-likeness (QED) is 0.398. The van der Waals surface area contributed by atoms with Crippen LogP contribution in [0.1, 0.15) is 49.3 Å². The Morgan fingerprint density at radius 3 is 2.28 bits per heavy atom. The first-order valence-electron chi connectivity index (χ1n) is 12.2. The van der Waals surface area contributed by atoms with Crippen molar-refractivity contribution in [3.8, 4) is 0 Å². The smallest absolute Gasteiger partial charge is 0.262 e. The van der Waals surface area contributed by atoms with Crippen molar-refractivity contribution in [1.82, 2.24) is 10.2 Å². The van der Waals surface area contributed by atoms with Crippen molar-refractivity contribution in [3.63, 3.8) is 0 Å². The number of ketones is 1. The van der Waals surface area contributed by atoms with E-state index in [9.17, 15) is 14.4 Å². The Hall–Kier alpha value is -2.52. The van der Waals surface area contributed by atoms with Crippen molar-refractivity contribution in [2.75, 3.05) is 0 Å². The average Bonchev–Trinajstić information content (AvgIpc) is 3.10. The van der Waals surface area contributed by atoms with Crippen LogP contribution in [0.15, 0.2) is 87.0 Å². The second kappa shape index (κ2) is 10.5. The predicted octanol–water partition coefficient (Wildman–Crippen LogP) is 6.06. The van der Waals surface area contributed by atoms with E-state index in [4.69, 9.17) is 0 Å². The summed E-state index contributed by atoms with van der Waals surface area (Å²) in [5.74, 6) is -0.595. The van der Waals surface area contributed by atoms with Crippen molar-refractivity contribution in [2.45, 2.75) is 49.7 Å². The zero-order valence-corrected chi connectivity index (χ0v) is 23.4. The van der Waals surface area contributed by atoms with Gasteiger partial charge < -0.3 is 10.2 Å². The molecule has 1 spiro atoms. The number of hydrogen-bond acceptors (Lipinski definition) is 3. The molecule has 1 N–H and O–H groups in total. The summed E-state index contributed by atoms with van der Waals surface area (Å²) in [6.45, 7) is 0. The topological polar surface area (TPSA) is 66.5 Å². The number of carbonyl (C=O) groups is 3. The zero-order valence-electron chi connectivity index (χ0n) is 19.6. The van der Waals surface area contributed by atoms with Gasteiger partial charge in [-0.3, -0.25) is 14.4 Å². The lowest BCUT2D eigenvalue weighted by atomic mass is 9.81. The number of carbonyl (C=O) groups excluding carboxylic acids is 3. The molecule has 2 aromatic rings. The minimum Gasteiger partial charge on any atom is -0.351 e. The van der Waals surface area contributed by atoms with E-state index >= 15 is 0 Å². The molecule has 1 heterocycles. The molecular weight excluding hydrogens is 631 g/mol. The van der Waals surface area contributed by atoms with Crippen LogP contribution >= 0.6 is 38.5 Å². The Labute approximate surface area is 233 Å². The summed E-state index contributed by atoms with van der Waals surface area (Å²) < 4.78 is 1.28. The summed E-state index contributed by atoms with van der Waals surface area (Å²) in [5.41, 5.74) is 1.28. The van der Waals surface area contributed by atoms with Gasteiger partial charge in [-0.15, -0.1) is 0 Å². The Bertz CT molecular complexity index is 1280. The van der Waals surface area contributed by atoms with Gasteiger partial charge in [0.05, 0.1) is 3.58 Å². The average molecular weight is 657 g/mol. The van der Waals surface area contributed by atoms with Crippen LogP contribution in [0, 0.1) is 0 Å². The van der Waals surface area contributed by atoms with Crippen LogP contribution in [0.3, 0.4) is 0 Å². The highest BCUT2D eigenvalue weighted by atomic mass is 127. The van der Waals surface area contributed by atoms with E-state index < -0.39 is 11.6 Å². The highest BCUT2D eigenvalue weighted by Crippen LogP contribution is 2.51. The van der Waals surface area contributed by atoms with Crippen molar-refractivity contribution in [1.29, 1.82) is 0 Å². The van der Waals surface area contributed by atoms with E-state index in [-0.39, 0.29) is 23.6 Å². The molecule has 3 aliphatic rings. The Balaban J connectivity index is 1.67. The van der Waals surface area contributed by atoms with Gasteiger partial charge in [0.25, 0.3) is 5.91 Å². The zero-order chi connectivity index (χ0) is 25.3. The van der Waals surface area contributed by atoms with Crippen molar-refractivity contribution in [3.05, 3.63) is 98.1 Å². The van der Waals surface area contributed by atoms with Crippen molar-refractivity contribution in [2.24, 2.45) is 0 Å². The van der Waals surface area contributed by atoms with Gasteiger partial charge in [0.2, 0.25) is 5.91 Å². The maximum Gasteiger partial charge on any atom is 0.262 e. The third-order valence-corrected chi connectivity index (χ3v) is 8.87. The molecule has 5 nitrogen and oxygen atoms in total. The lowest BCUT2D eigenvalue weighted by molar-refractivity contribution is -0.139. The highest BCUT2D eigenvalue weighted by molar-refractivity contribution is 14.1. The maximum absolute atomic E-state index is 14.1. The number of rotatable bonds is 5. The van der Waals surface area contributed by atoms with Crippen LogP contribution in [0.25, 0.3) is 5.57 Å². The Morgan fingerprint density at radius 2 is 1.61 bits per heavy atom. The second-order valence-corrected chi connectivity index (χ2v) is 11.3. The lowest BCUT2D eigenvalue weighted by Crippen LogP contribution is -2.53. The molecule has 36 heavy (non-hydrogen) atoms. The molecule has 1 fully saturated rings. The highest BCUT2D eigenvalue weighted by Gasteiger charge is 2.54. The first-order chi connectivity index (χ1) is 17.4. The standard InChI is InChI=1S/C29H26BrIN2O3/c30-23-14-8-7-13-22(23)26(27(35)32-20-11-5-2-6-12-20)33-28(36)25(31)24(19-9-3-1-4-10-19)29(33)17-15-21(34)16-18-29/h1,3-4,7-10,13-18,20,26H,2,5-6,11-12H2,(H,32,35). The van der Waals surface area contributed by atoms with Crippen LogP contribution in [0.5, 0.6) is 0 Å². The van der Waals surface area contributed by atoms with Crippen LogP contribution in [0.2, 0.25) is 0 Å². The Kier molecular flexibility index (Phi) is 7.30. The molecular formula is C29H26BrIN2O3. The number of halogens is 2. The van der Waals surface area contributed by atoms with Crippen LogP contribution in [0.4, 0.5) is 0 Å². The molecule has 1 atom stereocenters. The van der Waals surface area contributed by atoms with Gasteiger partial charge in [0.15, 0.2) is 5.78 Å². The number of nitrogens with one attached hydrogen (secondary N) is 1. The fraction of sp³-hybridized carbons (Fsp3) is 0.276. The normalized spacial score (nSPS) is 20.3. The number of allylic oxidation sites excluding steroid dienone is 2. The van der Waals surface area contributed by atoms with E-state index in [2.05, 4.69) is 43.8 Å². The van der Waals surface area contributed by atoms with Gasteiger partial charge in [-0.25, -0.2) is 0 Å². The lowest BCUT2D eigenvalue weighted by Gasteiger charge is -2.42. The van der Waals surface area contributed by atoms with Crippen LogP contribution in [-0.2, 0) is 14.4 Å². The second-order valence-electron chi connectivity index (χ2n) is 9.39. The van der Waals surface area contributed by atoms with Gasteiger partial charge in [0, 0.05) is 16.1 Å². The van der Waals surface area contributed by atoms with Gasteiger partial charge in [-0.2, -0.15) is 0 Å². The molecule has 0 aromatic heterocycles. The predicted molar refractivity (Wildman–Crippen MR) is 152 cm³/mol. The van der Waals surface area contributed by atoms with Gasteiger partial charge in [-0.05, 0) is 76.9 Å². The van der Waals surface area contributed by atoms with Crippen molar-refractivity contribution >= 4 is 61.7 Å². The number of hydrogen-bond donors (Lipinski definition) is 1. The molecule has 2 amide bonds. The maximum atomic E-state index is 14.1. The largest absolute Gasteiger partial charge is 0.351 e. The molecule has 1 unspecified atom stereocenters. The fourth-order valence-corrected chi connectivity index (χ4v) is 6.95. The summed E-state index contributed by atoms with van der Waals surface area (Å²) in [6, 6.07) is 16.4. The fourth-order valence-electron chi connectivity index (χ4n) is 5.45. The summed E-state index contributed by atoms with van der Waals surface area (Å²) in [5, 5.41) is 3.25. The van der Waals surface area contributed by atoms with E-state index in [1.165, 1.54) is 18.6 Å². The minimum atomic E-state index is -1.08. The summed E-state index contributed by atoms with van der Waals surface area (Å²) >= 11 is 5.72. The molecule has 7 heteroatoms. The van der Waals surface area contributed by atoms with E-state index in [1.54, 1.807) is 17.1 Å². The van der Waals surface area contributed by atoms with E-state index in [0.717, 1.165) is 41.3 Å². The van der Waals surface area contributed by atoms with Gasteiger partial charge in [-0.1, -0.05) is 83.7 Å². The minimum absolute atomic E-state index is 0.0875. The molecule has 1 saturated carbocycles.